The molecule has 0 rings (SSSR count). The van der Waals surface area contributed by atoms with Crippen molar-refractivity contribution in [2.45, 2.75) is 6.42 Å². The highest BCUT2D eigenvalue weighted by atomic mass is 32.2. The Balaban J connectivity index is 4.41. The van der Waals surface area contributed by atoms with Crippen LogP contribution in [0.5, 0.6) is 0 Å². The third-order valence-electron chi connectivity index (χ3n) is 0.483. The van der Waals surface area contributed by atoms with Crippen LogP contribution in [0.25, 0.3) is 0 Å². The number of sulfone groups is 1. The van der Waals surface area contributed by atoms with E-state index in [0.29, 0.717) is 0 Å². The first kappa shape index (κ1) is 3.46. The summed E-state index contributed by atoms with van der Waals surface area (Å²) < 4.78 is 41.0. The maximum absolute atomic E-state index is 10.7. The molecule has 3 nitrogen and oxygen atoms in total. The molecule has 0 amide bonds. The molecule has 8 heavy (non-hydrogen) atoms. The lowest BCUT2D eigenvalue weighted by Gasteiger charge is -1.85. The van der Waals surface area contributed by atoms with Crippen LogP contribution in [0.3, 0.4) is 0 Å². The SMILES string of the molecule is [2H]C([2H])([2H])S(=O)(=O)CCC#N. The van der Waals surface area contributed by atoms with Gasteiger partial charge in [0.2, 0.25) is 0 Å². The van der Waals surface area contributed by atoms with Crippen LogP contribution < -0.4 is 0 Å². The van der Waals surface area contributed by atoms with E-state index in [1.165, 1.54) is 0 Å². The number of rotatable bonds is 2. The molecule has 0 aromatic heterocycles. The van der Waals surface area contributed by atoms with Gasteiger partial charge in [-0.3, -0.25) is 0 Å². The minimum atomic E-state index is -4.08. The maximum Gasteiger partial charge on any atom is 0.148 e. The van der Waals surface area contributed by atoms with Crippen molar-refractivity contribution in [3.63, 3.8) is 0 Å². The molecule has 0 aliphatic carbocycles. The van der Waals surface area contributed by atoms with E-state index in [-0.39, 0.29) is 6.42 Å². The average molecular weight is 136 g/mol. The van der Waals surface area contributed by atoms with Gasteiger partial charge in [-0.15, -0.1) is 0 Å². The molecule has 0 unspecified atom stereocenters. The van der Waals surface area contributed by atoms with Crippen molar-refractivity contribution >= 4 is 9.84 Å². The summed E-state index contributed by atoms with van der Waals surface area (Å²) in [5.74, 6) is -0.597. The van der Waals surface area contributed by atoms with Crippen molar-refractivity contribution in [3.8, 4) is 6.07 Å². The predicted octanol–water partition coefficient (Wildman–Crippen LogP) is -0.0553. The van der Waals surface area contributed by atoms with Crippen molar-refractivity contribution in [1.29, 1.82) is 5.26 Å². The first-order valence-electron chi connectivity index (χ1n) is 3.40. The van der Waals surface area contributed by atoms with E-state index in [0.717, 1.165) is 0 Å². The van der Waals surface area contributed by atoms with Gasteiger partial charge in [-0.2, -0.15) is 5.26 Å². The van der Waals surface area contributed by atoms with E-state index >= 15 is 0 Å². The lowest BCUT2D eigenvalue weighted by Crippen LogP contribution is -2.00. The average Bonchev–Trinajstić information content (AvgIpc) is 1.81. The van der Waals surface area contributed by atoms with Crippen molar-refractivity contribution < 1.29 is 12.5 Å². The van der Waals surface area contributed by atoms with Gasteiger partial charge in [0.25, 0.3) is 0 Å². The molecular formula is C4H7NO2S. The summed E-state index contributed by atoms with van der Waals surface area (Å²) in [4.78, 5) is 0. The van der Waals surface area contributed by atoms with E-state index in [1.807, 2.05) is 0 Å². The Bertz CT molecular complexity index is 260. The van der Waals surface area contributed by atoms with Crippen LogP contribution in [0, 0.1) is 11.3 Å². The largest absolute Gasteiger partial charge is 0.229 e. The Kier molecular flexibility index (Phi) is 1.16. The summed E-state index contributed by atoms with van der Waals surface area (Å²) in [6.45, 7) is 0. The Morgan fingerprint density at radius 3 is 2.88 bits per heavy atom. The highest BCUT2D eigenvalue weighted by Crippen LogP contribution is 1.84. The minimum Gasteiger partial charge on any atom is -0.229 e. The molecule has 0 bridgehead atoms. The lowest BCUT2D eigenvalue weighted by molar-refractivity contribution is 0.601. The molecule has 0 heterocycles. The van der Waals surface area contributed by atoms with Gasteiger partial charge >= 0.3 is 0 Å². The van der Waals surface area contributed by atoms with Crippen LogP contribution in [0.4, 0.5) is 0 Å². The molecular weight excluding hydrogens is 126 g/mol. The molecule has 0 atom stereocenters. The molecule has 0 saturated heterocycles. The third kappa shape index (κ3) is 5.44. The summed E-state index contributed by atoms with van der Waals surface area (Å²) in [6.07, 6.45) is -3.26. The van der Waals surface area contributed by atoms with Gasteiger partial charge in [0.15, 0.2) is 0 Å². The number of nitrogens with zero attached hydrogens (tertiary/aromatic N) is 1. The minimum absolute atomic E-state index is 0.277. The first-order chi connectivity index (χ1) is 4.81. The van der Waals surface area contributed by atoms with Gasteiger partial charge in [-0.05, 0) is 0 Å². The molecule has 46 valence electrons. The predicted molar refractivity (Wildman–Crippen MR) is 29.9 cm³/mol. The number of nitriles is 1. The quantitative estimate of drug-likeness (QED) is 0.534. The summed E-state index contributed by atoms with van der Waals surface area (Å²) in [5.41, 5.74) is 0. The maximum atomic E-state index is 10.7. The molecule has 4 heteroatoms. The van der Waals surface area contributed by atoms with Crippen molar-refractivity contribution in [1.82, 2.24) is 0 Å². The number of hydrogen-bond donors (Lipinski definition) is 0. The molecule has 0 fully saturated rings. The molecule has 0 radical (unpaired) electrons. The van der Waals surface area contributed by atoms with Gasteiger partial charge in [0.05, 0.1) is 11.8 Å². The van der Waals surface area contributed by atoms with E-state index in [9.17, 15) is 8.42 Å². The second kappa shape index (κ2) is 2.68. The first-order valence-corrected chi connectivity index (χ1v) is 3.56. The second-order valence-electron chi connectivity index (χ2n) is 1.23. The summed E-state index contributed by atoms with van der Waals surface area (Å²) >= 11 is 0. The van der Waals surface area contributed by atoms with E-state index in [1.54, 1.807) is 6.07 Å². The fraction of sp³-hybridized carbons (Fsp3) is 0.750. The van der Waals surface area contributed by atoms with E-state index < -0.39 is 21.8 Å². The van der Waals surface area contributed by atoms with Crippen molar-refractivity contribution in [3.05, 3.63) is 0 Å². The molecule has 0 spiro atoms. The van der Waals surface area contributed by atoms with Gasteiger partial charge in [0, 0.05) is 16.7 Å². The topological polar surface area (TPSA) is 57.9 Å². The van der Waals surface area contributed by atoms with Crippen LogP contribution in [-0.2, 0) is 9.84 Å². The molecule has 0 aliphatic rings. The zero-order valence-electron chi connectivity index (χ0n) is 7.09. The third-order valence-corrected chi connectivity index (χ3v) is 1.22. The standard InChI is InChI=1S/C4H7NO2S/c1-8(6,7)4-2-3-5/h2,4H2,1H3/i1D3. The van der Waals surface area contributed by atoms with E-state index in [2.05, 4.69) is 0 Å². The summed E-state index contributed by atoms with van der Waals surface area (Å²) in [6, 6.07) is 1.57. The fourth-order valence-electron chi connectivity index (χ4n) is 0.180. The monoisotopic (exact) mass is 136 g/mol. The molecule has 0 saturated carbocycles. The number of hydrogen-bond acceptors (Lipinski definition) is 3. The summed E-state index contributed by atoms with van der Waals surface area (Å²) in [5, 5.41) is 8.00. The zero-order valence-corrected chi connectivity index (χ0v) is 4.90. The van der Waals surface area contributed by atoms with Crippen LogP contribution in [0.1, 0.15) is 10.5 Å². The fourth-order valence-corrected chi connectivity index (χ4v) is 0.540. The van der Waals surface area contributed by atoms with E-state index in [4.69, 9.17) is 9.37 Å². The normalized spacial score (nSPS) is 17.6. The Labute approximate surface area is 53.1 Å². The van der Waals surface area contributed by atoms with Gasteiger partial charge < -0.3 is 0 Å². The molecule has 0 aliphatic heterocycles. The highest BCUT2D eigenvalue weighted by Gasteiger charge is 1.98. The van der Waals surface area contributed by atoms with Crippen molar-refractivity contribution in [2.24, 2.45) is 0 Å². The lowest BCUT2D eigenvalue weighted by atomic mass is 10.6. The van der Waals surface area contributed by atoms with Crippen LogP contribution in [-0.4, -0.2) is 20.4 Å². The summed E-state index contributed by atoms with van der Waals surface area (Å²) in [7, 11) is -4.08. The smallest absolute Gasteiger partial charge is 0.148 e. The molecule has 0 aromatic rings. The zero-order chi connectivity index (χ0) is 9.12. The Morgan fingerprint density at radius 2 is 2.50 bits per heavy atom. The Morgan fingerprint density at radius 1 is 1.88 bits per heavy atom. The second-order valence-corrected chi connectivity index (χ2v) is 2.86. The van der Waals surface area contributed by atoms with Gasteiger partial charge in [0.1, 0.15) is 9.84 Å². The molecule has 0 N–H and O–H groups in total. The van der Waals surface area contributed by atoms with Crippen LogP contribution >= 0.6 is 0 Å². The Hall–Kier alpha value is -0.560. The van der Waals surface area contributed by atoms with Crippen molar-refractivity contribution in [2.75, 3.05) is 11.9 Å². The van der Waals surface area contributed by atoms with Crippen LogP contribution in [0.15, 0.2) is 0 Å². The highest BCUT2D eigenvalue weighted by molar-refractivity contribution is 7.90. The van der Waals surface area contributed by atoms with Gasteiger partial charge in [-0.25, -0.2) is 8.42 Å². The van der Waals surface area contributed by atoms with Crippen LogP contribution in [0.2, 0.25) is 0 Å². The molecule has 0 aromatic carbocycles. The van der Waals surface area contributed by atoms with Gasteiger partial charge in [-0.1, -0.05) is 0 Å².